The quantitative estimate of drug-likeness (QED) is 0.0482. The molecule has 0 radical (unpaired) electrons. The maximum atomic E-state index is 18.0. The second-order valence-electron chi connectivity index (χ2n) is 22.9. The van der Waals surface area contributed by atoms with Crippen LogP contribution in [-0.4, -0.2) is 133 Å². The summed E-state index contributed by atoms with van der Waals surface area (Å²) in [7, 11) is 0. The third kappa shape index (κ3) is 13.2. The van der Waals surface area contributed by atoms with Crippen LogP contribution < -0.4 is 42.8 Å². The molecular formula is C58H81F2N7O12. The summed E-state index contributed by atoms with van der Waals surface area (Å²) in [5.74, 6) is 1.29. The number of rotatable bonds is 25. The average Bonchev–Trinajstić information content (AvgIpc) is 2.30. The van der Waals surface area contributed by atoms with Crippen molar-refractivity contribution >= 4 is 46.9 Å². The Morgan fingerprint density at radius 2 is 1.67 bits per heavy atom. The number of fused-ring (bicyclic) bond motifs is 7. The van der Waals surface area contributed by atoms with Crippen molar-refractivity contribution in [3.8, 4) is 17.6 Å². The van der Waals surface area contributed by atoms with Gasteiger partial charge in [-0.25, -0.2) is 13.6 Å². The Morgan fingerprint density at radius 3 is 2.39 bits per heavy atom. The predicted octanol–water partition coefficient (Wildman–Crippen LogP) is 4.82. The van der Waals surface area contributed by atoms with E-state index >= 15 is 8.78 Å². The fourth-order valence-corrected chi connectivity index (χ4v) is 13.0. The number of halogens is 2. The first-order chi connectivity index (χ1) is 37.6. The monoisotopic (exact) mass is 1110 g/mol. The third-order valence-electron chi connectivity index (χ3n) is 17.2. The molecule has 434 valence electrons. The van der Waals surface area contributed by atoms with Crippen molar-refractivity contribution in [2.24, 2.45) is 40.1 Å². The maximum absolute atomic E-state index is 18.0. The second kappa shape index (κ2) is 26.2. The third-order valence-corrected chi connectivity index (χ3v) is 17.2. The molecule has 7 rings (SSSR count). The number of nitrogens with two attached hydrogens (primary N) is 2. The second-order valence-corrected chi connectivity index (χ2v) is 22.9. The van der Waals surface area contributed by atoms with E-state index in [1.54, 1.807) is 20.8 Å². The zero-order valence-corrected chi connectivity index (χ0v) is 46.2. The van der Waals surface area contributed by atoms with E-state index in [1.807, 2.05) is 6.92 Å². The molecule has 0 bridgehead atoms. The Balaban J connectivity index is 0.942. The van der Waals surface area contributed by atoms with Crippen LogP contribution in [0.1, 0.15) is 131 Å². The van der Waals surface area contributed by atoms with Crippen LogP contribution in [0.5, 0.6) is 5.75 Å². The molecule has 1 aromatic rings. The maximum Gasteiger partial charge on any atom is 0.312 e. The molecule has 5 aliphatic carbocycles. The Labute approximate surface area is 461 Å². The zero-order valence-electron chi connectivity index (χ0n) is 46.2. The average molecular weight is 1110 g/mol. The molecule has 10 N–H and O–H groups in total. The molecule has 1 heterocycles. The molecule has 3 unspecified atom stereocenters. The number of nitrogens with one attached hydrogen (secondary N) is 5. The first-order valence-corrected chi connectivity index (χ1v) is 28.2. The number of allylic oxidation sites excluding steroid dienone is 4. The van der Waals surface area contributed by atoms with Gasteiger partial charge in [0, 0.05) is 41.9 Å². The number of ether oxygens (including phenoxy) is 4. The number of benzene rings is 1. The number of hydrogen-bond donors (Lipinski definition) is 8. The highest BCUT2D eigenvalue weighted by Gasteiger charge is 2.80. The zero-order chi connectivity index (χ0) is 57.3. The standard InChI is InChI=1S/C58H81F2N7O12/c1-6-15-49-78-47-30-39-40-29-42(59)41-28-36(68)24-25-55(41,4)57(40,60)45(69)31-56(39,5)58(47,79-49)46(70)32-76-38-22-20-35(21-23-38)65-52(73)44(19-14-27-64-54(62)75)66-53(74)50(34(2)3)67-51(72)43(61)18-12-13-26-63-48(71)33-77-37-16-10-8-7-9-11-17-37/h20-25,28,34,37,39-40,42-45,47,49-50,69H,6-10,12-16,18-19,26-27,29-33,61H2,1-5H3,(H,63,71)(H,65,73)(H,66,74)(H,67,72)(H3,62,64,75)/t37?,39-,40-,42-,43+,44-,45-,47+,49?,50?,55-,56-,57-,58+/m0/s1. The van der Waals surface area contributed by atoms with Crippen LogP contribution in [0.15, 0.2) is 48.1 Å². The topological polar surface area (TPSA) is 289 Å². The summed E-state index contributed by atoms with van der Waals surface area (Å²) in [6.07, 6.45) is 5.85. The Hall–Kier alpha value is -5.79. The van der Waals surface area contributed by atoms with Gasteiger partial charge in [0.2, 0.25) is 29.4 Å². The van der Waals surface area contributed by atoms with Gasteiger partial charge in [0.1, 0.15) is 43.3 Å². The first-order valence-electron chi connectivity index (χ1n) is 28.2. The number of unbranched alkanes of at least 4 members (excludes halogenated alkanes) is 1. The SMILES string of the molecule is CCCC1O[C@@H]2C[C@H]3[C@@H]4C[C@H](F)C5=CC(=O)C=C[C@]5(C)[C@@]4(F)[C@@H](O)C[C@]3(C)[C@]2(C(=O)COc2ccc(NC(=O)[C@H](CCCNC(N)=O)NC(=O)C(NC(=O)[C@H](N)CCCCNC(=O)COC3C#CCCCCC3)C(C)C)cc2)O1. The van der Waals surface area contributed by atoms with Crippen LogP contribution in [0.3, 0.4) is 0 Å². The van der Waals surface area contributed by atoms with Crippen LogP contribution in [-0.2, 0) is 43.0 Å². The van der Waals surface area contributed by atoms with E-state index in [1.165, 1.54) is 43.3 Å². The number of amides is 6. The summed E-state index contributed by atoms with van der Waals surface area (Å²) >= 11 is 0. The van der Waals surface area contributed by atoms with Crippen LogP contribution in [0.25, 0.3) is 0 Å². The van der Waals surface area contributed by atoms with E-state index in [-0.39, 0.29) is 75.0 Å². The van der Waals surface area contributed by atoms with Crippen LogP contribution in [0.4, 0.5) is 19.3 Å². The predicted molar refractivity (Wildman–Crippen MR) is 288 cm³/mol. The molecule has 4 fully saturated rings. The van der Waals surface area contributed by atoms with Crippen molar-refractivity contribution in [2.45, 2.75) is 191 Å². The molecule has 1 saturated heterocycles. The smallest absolute Gasteiger partial charge is 0.312 e. The summed E-state index contributed by atoms with van der Waals surface area (Å²) in [6, 6.07) is 2.20. The number of aliphatic hydroxyl groups excluding tert-OH is 1. The van der Waals surface area contributed by atoms with E-state index in [0.717, 1.165) is 38.2 Å². The number of primary amides is 1. The number of hydrogen-bond acceptors (Lipinski definition) is 13. The summed E-state index contributed by atoms with van der Waals surface area (Å²) in [4.78, 5) is 92.0. The molecule has 79 heavy (non-hydrogen) atoms. The summed E-state index contributed by atoms with van der Waals surface area (Å²) < 4.78 is 59.0. The van der Waals surface area contributed by atoms with Gasteiger partial charge < -0.3 is 62.1 Å². The Bertz CT molecular complexity index is 2540. The lowest BCUT2D eigenvalue weighted by molar-refractivity contribution is -0.234. The minimum Gasteiger partial charge on any atom is -0.486 e. The van der Waals surface area contributed by atoms with Crippen molar-refractivity contribution in [3.05, 3.63) is 48.1 Å². The van der Waals surface area contributed by atoms with Crippen LogP contribution >= 0.6 is 0 Å². The van der Waals surface area contributed by atoms with E-state index in [2.05, 4.69) is 38.4 Å². The van der Waals surface area contributed by atoms with Crippen molar-refractivity contribution in [1.29, 1.82) is 0 Å². The highest BCUT2D eigenvalue weighted by atomic mass is 19.1. The molecular weight excluding hydrogens is 1020 g/mol. The molecule has 14 atom stereocenters. The van der Waals surface area contributed by atoms with Crippen molar-refractivity contribution in [3.63, 3.8) is 0 Å². The summed E-state index contributed by atoms with van der Waals surface area (Å²) in [5.41, 5.74) is 4.96. The van der Waals surface area contributed by atoms with E-state index in [4.69, 9.17) is 30.4 Å². The van der Waals surface area contributed by atoms with Crippen molar-refractivity contribution < 1.29 is 66.4 Å². The number of aliphatic hydroxyl groups is 1. The van der Waals surface area contributed by atoms with Crippen molar-refractivity contribution in [1.82, 2.24) is 21.3 Å². The fourth-order valence-electron chi connectivity index (χ4n) is 13.0. The van der Waals surface area contributed by atoms with Crippen LogP contribution in [0.2, 0.25) is 0 Å². The lowest BCUT2D eigenvalue weighted by Gasteiger charge is -2.63. The number of carbonyl (C=O) groups excluding carboxylic acids is 7. The Kier molecular flexibility index (Phi) is 20.2. The van der Waals surface area contributed by atoms with Gasteiger partial charge in [0.15, 0.2) is 23.3 Å². The van der Waals surface area contributed by atoms with Crippen LogP contribution in [0, 0.1) is 40.4 Å². The minimum absolute atomic E-state index is 0.00255. The molecule has 1 aliphatic heterocycles. The number of carbonyl (C=O) groups is 7. The Morgan fingerprint density at radius 1 is 0.924 bits per heavy atom. The molecule has 6 amide bonds. The largest absolute Gasteiger partial charge is 0.486 e. The molecule has 6 aliphatic rings. The number of anilines is 1. The molecule has 1 aromatic carbocycles. The summed E-state index contributed by atoms with van der Waals surface area (Å²) in [5, 5.41) is 25.5. The lowest BCUT2D eigenvalue weighted by atomic mass is 9.44. The van der Waals surface area contributed by atoms with Gasteiger partial charge in [-0.2, -0.15) is 0 Å². The number of urea groups is 1. The molecule has 0 spiro atoms. The number of Topliss-reactive ketones (excluding diaryl/α,β-unsaturated/α-hetero) is 1. The van der Waals surface area contributed by atoms with Gasteiger partial charge in [-0.05, 0) is 138 Å². The normalized spacial score (nSPS) is 31.6. The van der Waals surface area contributed by atoms with Gasteiger partial charge in [-0.1, -0.05) is 52.5 Å². The minimum atomic E-state index is -2.36. The fraction of sp³-hybridized carbons (Fsp3) is 0.672. The molecule has 0 aromatic heterocycles. The van der Waals surface area contributed by atoms with Gasteiger partial charge >= 0.3 is 6.03 Å². The van der Waals surface area contributed by atoms with Gasteiger partial charge in [0.05, 0.1) is 18.2 Å². The van der Waals surface area contributed by atoms with Gasteiger partial charge in [0.25, 0.3) is 0 Å². The van der Waals surface area contributed by atoms with Crippen molar-refractivity contribution in [2.75, 3.05) is 31.6 Å². The highest BCUT2D eigenvalue weighted by molar-refractivity contribution is 6.01. The van der Waals surface area contributed by atoms with Gasteiger partial charge in [-0.15, -0.1) is 5.92 Å². The van der Waals surface area contributed by atoms with Gasteiger partial charge in [-0.3, -0.25) is 28.8 Å². The number of ketones is 2. The number of alkyl halides is 2. The van der Waals surface area contributed by atoms with E-state index < -0.39 is 125 Å². The van der Waals surface area contributed by atoms with E-state index in [0.29, 0.717) is 37.9 Å². The molecule has 3 saturated carbocycles. The molecule has 19 nitrogen and oxygen atoms in total. The first kappa shape index (κ1) is 60.8. The molecule has 21 heteroatoms. The van der Waals surface area contributed by atoms with E-state index in [9.17, 15) is 38.7 Å². The lowest BCUT2D eigenvalue weighted by Crippen LogP contribution is -2.71. The highest BCUT2D eigenvalue weighted by Crippen LogP contribution is 2.72. The summed E-state index contributed by atoms with van der Waals surface area (Å²) in [6.45, 7) is 8.60.